The number of rotatable bonds is 3. The Morgan fingerprint density at radius 2 is 1.74 bits per heavy atom. The highest BCUT2D eigenvalue weighted by Crippen LogP contribution is 2.24. The number of halogens is 1. The molecule has 0 aliphatic carbocycles. The van der Waals surface area contributed by atoms with Crippen molar-refractivity contribution < 1.29 is 16.8 Å². The highest BCUT2D eigenvalue weighted by molar-refractivity contribution is 14.1. The number of para-hydroxylation sites is 1. The van der Waals surface area contributed by atoms with Gasteiger partial charge in [-0.05, 0) is 47.6 Å². The van der Waals surface area contributed by atoms with Gasteiger partial charge in [-0.15, -0.1) is 0 Å². The van der Waals surface area contributed by atoms with Crippen LogP contribution in [0.4, 0.5) is 5.69 Å². The molecular weight excluding hydrogens is 401 g/mol. The van der Waals surface area contributed by atoms with Crippen molar-refractivity contribution in [3.05, 3.63) is 27.8 Å². The predicted octanol–water partition coefficient (Wildman–Crippen LogP) is 1.61. The summed E-state index contributed by atoms with van der Waals surface area (Å²) in [4.78, 5) is 0. The van der Waals surface area contributed by atoms with Gasteiger partial charge in [0.15, 0.2) is 0 Å². The third-order valence-corrected chi connectivity index (χ3v) is 7.58. The number of sulfone groups is 1. The fourth-order valence-electron chi connectivity index (χ4n) is 1.96. The number of sulfonamides is 1. The SMILES string of the molecule is O=S1(=O)CCC(S(=O)(=O)Nc2ccccc2I)CC1. The largest absolute Gasteiger partial charge is 0.282 e. The van der Waals surface area contributed by atoms with Crippen LogP contribution in [0.5, 0.6) is 0 Å². The molecule has 5 nitrogen and oxygen atoms in total. The van der Waals surface area contributed by atoms with Crippen molar-refractivity contribution in [1.82, 2.24) is 0 Å². The van der Waals surface area contributed by atoms with Crippen molar-refractivity contribution in [3.63, 3.8) is 0 Å². The van der Waals surface area contributed by atoms with Crippen molar-refractivity contribution in [3.8, 4) is 0 Å². The summed E-state index contributed by atoms with van der Waals surface area (Å²) >= 11 is 2.05. The molecule has 0 bridgehead atoms. The summed E-state index contributed by atoms with van der Waals surface area (Å²) in [5.74, 6) is -0.102. The Balaban J connectivity index is 2.14. The summed E-state index contributed by atoms with van der Waals surface area (Å²) < 4.78 is 50.4. The lowest BCUT2D eigenvalue weighted by Gasteiger charge is -2.22. The van der Waals surface area contributed by atoms with E-state index in [0.29, 0.717) is 5.69 Å². The first-order chi connectivity index (χ1) is 8.80. The number of hydrogen-bond donors (Lipinski definition) is 1. The van der Waals surface area contributed by atoms with Crippen molar-refractivity contribution in [1.29, 1.82) is 0 Å². The van der Waals surface area contributed by atoms with Gasteiger partial charge in [0.1, 0.15) is 9.84 Å². The van der Waals surface area contributed by atoms with Crippen LogP contribution in [-0.2, 0) is 19.9 Å². The van der Waals surface area contributed by atoms with E-state index in [-0.39, 0.29) is 24.3 Å². The van der Waals surface area contributed by atoms with Gasteiger partial charge in [-0.1, -0.05) is 12.1 Å². The molecule has 0 saturated carbocycles. The molecule has 19 heavy (non-hydrogen) atoms. The van der Waals surface area contributed by atoms with E-state index in [0.717, 1.165) is 3.57 Å². The lowest BCUT2D eigenvalue weighted by Crippen LogP contribution is -2.36. The highest BCUT2D eigenvalue weighted by atomic mass is 127. The van der Waals surface area contributed by atoms with Crippen LogP contribution in [0.15, 0.2) is 24.3 Å². The summed E-state index contributed by atoms with van der Waals surface area (Å²) in [6.45, 7) is 0. The minimum Gasteiger partial charge on any atom is -0.282 e. The molecule has 0 atom stereocenters. The first-order valence-electron chi connectivity index (χ1n) is 5.77. The van der Waals surface area contributed by atoms with Gasteiger partial charge in [0.25, 0.3) is 0 Å². The summed E-state index contributed by atoms with van der Waals surface area (Å²) in [6.07, 6.45) is 0.335. The molecule has 0 aromatic heterocycles. The number of anilines is 1. The first-order valence-corrected chi connectivity index (χ1v) is 10.2. The quantitative estimate of drug-likeness (QED) is 0.761. The van der Waals surface area contributed by atoms with E-state index in [9.17, 15) is 16.8 Å². The fourth-order valence-corrected chi connectivity index (χ4v) is 5.96. The fraction of sp³-hybridized carbons (Fsp3) is 0.455. The Kier molecular flexibility index (Phi) is 4.41. The second-order valence-corrected chi connectivity index (χ2v) is 9.90. The minimum absolute atomic E-state index is 0.0511. The molecule has 1 fully saturated rings. The van der Waals surface area contributed by atoms with E-state index in [4.69, 9.17) is 0 Å². The van der Waals surface area contributed by atoms with Crippen LogP contribution in [0.3, 0.4) is 0 Å². The van der Waals surface area contributed by atoms with E-state index in [2.05, 4.69) is 27.3 Å². The number of nitrogens with one attached hydrogen (secondary N) is 1. The predicted molar refractivity (Wildman–Crippen MR) is 83.4 cm³/mol. The molecular formula is C11H14INO4S2. The summed E-state index contributed by atoms with van der Waals surface area (Å²) in [7, 11) is -6.58. The highest BCUT2D eigenvalue weighted by Gasteiger charge is 2.32. The normalized spacial score (nSPS) is 20.1. The molecule has 0 amide bonds. The molecule has 1 N–H and O–H groups in total. The average molecular weight is 415 g/mol. The smallest absolute Gasteiger partial charge is 0.235 e. The van der Waals surface area contributed by atoms with E-state index >= 15 is 0 Å². The van der Waals surface area contributed by atoms with Crippen LogP contribution in [0.25, 0.3) is 0 Å². The van der Waals surface area contributed by atoms with Crippen LogP contribution >= 0.6 is 22.6 Å². The third kappa shape index (κ3) is 3.82. The average Bonchev–Trinajstić information content (AvgIpc) is 2.31. The molecule has 0 radical (unpaired) electrons. The van der Waals surface area contributed by atoms with E-state index in [1.165, 1.54) is 0 Å². The van der Waals surface area contributed by atoms with E-state index in [1.807, 2.05) is 12.1 Å². The van der Waals surface area contributed by atoms with Gasteiger partial charge in [-0.2, -0.15) is 0 Å². The van der Waals surface area contributed by atoms with Crippen LogP contribution < -0.4 is 4.72 Å². The summed E-state index contributed by atoms with van der Waals surface area (Å²) in [5.41, 5.74) is 0.538. The molecule has 8 heteroatoms. The van der Waals surface area contributed by atoms with Crippen LogP contribution in [0, 0.1) is 3.57 Å². The summed E-state index contributed by atoms with van der Waals surface area (Å²) in [6, 6.07) is 7.08. The molecule has 1 aliphatic rings. The maximum Gasteiger partial charge on any atom is 0.235 e. The molecule has 1 aliphatic heterocycles. The number of benzene rings is 1. The Morgan fingerprint density at radius 3 is 2.32 bits per heavy atom. The Labute approximate surface area is 126 Å². The lowest BCUT2D eigenvalue weighted by atomic mass is 10.2. The lowest BCUT2D eigenvalue weighted by molar-refractivity contribution is 0.555. The molecule has 1 saturated heterocycles. The van der Waals surface area contributed by atoms with Gasteiger partial charge in [-0.3, -0.25) is 4.72 Å². The van der Waals surface area contributed by atoms with Gasteiger partial charge >= 0.3 is 0 Å². The van der Waals surface area contributed by atoms with Crippen molar-refractivity contribution in [2.75, 3.05) is 16.2 Å². The second-order valence-electron chi connectivity index (χ2n) is 4.48. The Morgan fingerprint density at radius 1 is 1.16 bits per heavy atom. The van der Waals surface area contributed by atoms with Gasteiger partial charge in [0, 0.05) is 3.57 Å². The Bertz CT molecular complexity index is 656. The van der Waals surface area contributed by atoms with E-state index < -0.39 is 25.1 Å². The van der Waals surface area contributed by atoms with Crippen LogP contribution in [0.1, 0.15) is 12.8 Å². The molecule has 1 aromatic rings. The third-order valence-electron chi connectivity index (χ3n) is 3.07. The number of hydrogen-bond acceptors (Lipinski definition) is 4. The maximum atomic E-state index is 12.2. The minimum atomic E-state index is -3.53. The molecule has 106 valence electrons. The van der Waals surface area contributed by atoms with E-state index in [1.54, 1.807) is 12.1 Å². The molecule has 0 unspecified atom stereocenters. The molecule has 1 heterocycles. The van der Waals surface area contributed by atoms with Crippen LogP contribution in [-0.4, -0.2) is 33.6 Å². The van der Waals surface area contributed by atoms with Crippen molar-refractivity contribution in [2.45, 2.75) is 18.1 Å². The van der Waals surface area contributed by atoms with Gasteiger partial charge < -0.3 is 0 Å². The maximum absolute atomic E-state index is 12.2. The summed E-state index contributed by atoms with van der Waals surface area (Å²) in [5, 5.41) is -0.632. The van der Waals surface area contributed by atoms with Gasteiger partial charge in [0.2, 0.25) is 10.0 Å². The zero-order valence-corrected chi connectivity index (χ0v) is 13.8. The molecule has 1 aromatic carbocycles. The van der Waals surface area contributed by atoms with Gasteiger partial charge in [-0.25, -0.2) is 16.8 Å². The standard InChI is InChI=1S/C11H14INO4S2/c12-10-3-1-2-4-11(10)13-19(16,17)9-5-7-18(14,15)8-6-9/h1-4,9,13H,5-8H2. The molecule has 0 spiro atoms. The van der Waals surface area contributed by atoms with Crippen LogP contribution in [0.2, 0.25) is 0 Å². The first kappa shape index (κ1) is 15.0. The zero-order valence-electron chi connectivity index (χ0n) is 10.0. The molecule has 2 rings (SSSR count). The topological polar surface area (TPSA) is 80.3 Å². The monoisotopic (exact) mass is 415 g/mol. The van der Waals surface area contributed by atoms with Gasteiger partial charge in [0.05, 0.1) is 22.4 Å². The second kappa shape index (κ2) is 5.57. The zero-order chi connectivity index (χ0) is 14.1. The van der Waals surface area contributed by atoms with Crippen molar-refractivity contribution >= 4 is 48.1 Å². The Hall–Kier alpha value is -0.350. The van der Waals surface area contributed by atoms with Crippen molar-refractivity contribution in [2.24, 2.45) is 0 Å².